The first-order chi connectivity index (χ1) is 16.2. The topological polar surface area (TPSA) is 116 Å². The van der Waals surface area contributed by atoms with Crippen molar-refractivity contribution in [1.82, 2.24) is 10.6 Å². The minimum Gasteiger partial charge on any atom is -0.338 e. The van der Waals surface area contributed by atoms with E-state index in [1.54, 1.807) is 48.5 Å². The number of sulfone groups is 1. The highest BCUT2D eigenvalue weighted by atomic mass is 32.2. The van der Waals surface area contributed by atoms with E-state index in [1.165, 1.54) is 6.26 Å². The van der Waals surface area contributed by atoms with E-state index in [4.69, 9.17) is 0 Å². The van der Waals surface area contributed by atoms with Gasteiger partial charge in [-0.15, -0.1) is 0 Å². The summed E-state index contributed by atoms with van der Waals surface area (Å²) >= 11 is 0. The summed E-state index contributed by atoms with van der Waals surface area (Å²) in [6.07, 6.45) is 7.28. The molecule has 2 aliphatic rings. The molecular formula is C26H29N3O4S. The molecule has 34 heavy (non-hydrogen) atoms. The van der Waals surface area contributed by atoms with Crippen LogP contribution < -0.4 is 10.6 Å². The molecule has 0 aliphatic heterocycles. The number of hydrogen-bond acceptors (Lipinski definition) is 5. The van der Waals surface area contributed by atoms with Gasteiger partial charge < -0.3 is 10.6 Å². The lowest BCUT2D eigenvalue weighted by molar-refractivity contribution is -0.128. The lowest BCUT2D eigenvalue weighted by Crippen LogP contribution is -2.60. The lowest BCUT2D eigenvalue weighted by atomic mass is 9.88. The molecule has 0 aromatic heterocycles. The number of rotatable bonds is 6. The molecule has 2 amide bonds. The van der Waals surface area contributed by atoms with Crippen LogP contribution in [0.5, 0.6) is 0 Å². The van der Waals surface area contributed by atoms with E-state index >= 15 is 0 Å². The Morgan fingerprint density at radius 3 is 1.82 bits per heavy atom. The van der Waals surface area contributed by atoms with Crippen LogP contribution in [0.15, 0.2) is 53.4 Å². The summed E-state index contributed by atoms with van der Waals surface area (Å²) in [5.74, 6) is -0.581. The van der Waals surface area contributed by atoms with Gasteiger partial charge in [-0.3, -0.25) is 9.59 Å². The fourth-order valence-electron chi connectivity index (χ4n) is 4.47. The number of nitriles is 1. The van der Waals surface area contributed by atoms with Crippen LogP contribution in [0.2, 0.25) is 0 Å². The number of benzene rings is 2. The summed E-state index contributed by atoms with van der Waals surface area (Å²) in [6.45, 7) is 0. The van der Waals surface area contributed by atoms with Gasteiger partial charge in [-0.2, -0.15) is 5.26 Å². The average Bonchev–Trinajstić information content (AvgIpc) is 3.63. The predicted octanol–water partition coefficient (Wildman–Crippen LogP) is 3.75. The zero-order valence-electron chi connectivity index (χ0n) is 19.3. The maximum absolute atomic E-state index is 13.3. The molecule has 178 valence electrons. The van der Waals surface area contributed by atoms with Gasteiger partial charge in [0, 0.05) is 11.8 Å². The van der Waals surface area contributed by atoms with Gasteiger partial charge in [0.1, 0.15) is 11.1 Å². The molecule has 2 aliphatic carbocycles. The predicted molar refractivity (Wildman–Crippen MR) is 129 cm³/mol. The molecule has 0 spiro atoms. The van der Waals surface area contributed by atoms with E-state index in [2.05, 4.69) is 16.7 Å². The number of carbonyl (C=O) groups excluding carboxylic acids is 2. The maximum Gasteiger partial charge on any atom is 0.252 e. The average molecular weight is 480 g/mol. The van der Waals surface area contributed by atoms with Gasteiger partial charge in [-0.1, -0.05) is 49.9 Å². The molecule has 0 unspecified atom stereocenters. The van der Waals surface area contributed by atoms with Gasteiger partial charge in [-0.25, -0.2) is 8.42 Å². The second kappa shape index (κ2) is 9.22. The minimum absolute atomic E-state index is 0.253. The van der Waals surface area contributed by atoms with Crippen molar-refractivity contribution in [1.29, 1.82) is 5.26 Å². The first kappa shape index (κ1) is 24.0. The van der Waals surface area contributed by atoms with E-state index in [0.717, 1.165) is 36.8 Å². The van der Waals surface area contributed by atoms with E-state index in [0.29, 0.717) is 31.2 Å². The maximum atomic E-state index is 13.3. The molecule has 2 aromatic carbocycles. The van der Waals surface area contributed by atoms with Gasteiger partial charge in [0.2, 0.25) is 5.91 Å². The Bertz CT molecular complexity index is 1220. The number of nitrogens with one attached hydrogen (secondary N) is 2. The van der Waals surface area contributed by atoms with E-state index in [1.807, 2.05) is 0 Å². The molecule has 4 rings (SSSR count). The summed E-state index contributed by atoms with van der Waals surface area (Å²) in [5, 5.41) is 15.3. The molecule has 0 heterocycles. The first-order valence-electron chi connectivity index (χ1n) is 11.6. The highest BCUT2D eigenvalue weighted by Gasteiger charge is 2.49. The van der Waals surface area contributed by atoms with Crippen LogP contribution in [0.25, 0.3) is 11.1 Å². The van der Waals surface area contributed by atoms with Crippen molar-refractivity contribution in [2.75, 3.05) is 6.26 Å². The monoisotopic (exact) mass is 479 g/mol. The fraction of sp³-hybridized carbons (Fsp3) is 0.423. The Hall–Kier alpha value is -3.18. The van der Waals surface area contributed by atoms with Gasteiger partial charge in [0.25, 0.3) is 5.91 Å². The molecule has 7 nitrogen and oxygen atoms in total. The molecule has 2 aromatic rings. The van der Waals surface area contributed by atoms with Crippen molar-refractivity contribution in [3.8, 4) is 17.2 Å². The standard InChI is InChI=1S/C26H29N3O4S/c1-34(32,33)22-12-10-20(11-13-22)19-6-8-21(9-7-19)23(30)28-26(14-4-2-3-5-15-26)24(31)29-25(18-27)16-17-25/h6-13H,2-5,14-17H2,1H3,(H,28,30)(H,29,31). The van der Waals surface area contributed by atoms with Gasteiger partial charge in [0.05, 0.1) is 11.0 Å². The van der Waals surface area contributed by atoms with Crippen LogP contribution >= 0.6 is 0 Å². The van der Waals surface area contributed by atoms with E-state index in [-0.39, 0.29) is 16.7 Å². The van der Waals surface area contributed by atoms with Crippen molar-refractivity contribution >= 4 is 21.7 Å². The summed E-state index contributed by atoms with van der Waals surface area (Å²) < 4.78 is 23.3. The highest BCUT2D eigenvalue weighted by molar-refractivity contribution is 7.90. The lowest BCUT2D eigenvalue weighted by Gasteiger charge is -2.33. The SMILES string of the molecule is CS(=O)(=O)c1ccc(-c2ccc(C(=O)NC3(C(=O)NC4(C#N)CC4)CCCCCC3)cc2)cc1. The zero-order chi connectivity index (χ0) is 24.4. The normalized spacial score (nSPS) is 18.7. The van der Waals surface area contributed by atoms with E-state index in [9.17, 15) is 23.3 Å². The Morgan fingerprint density at radius 1 is 0.824 bits per heavy atom. The van der Waals surface area contributed by atoms with Gasteiger partial charge >= 0.3 is 0 Å². The smallest absolute Gasteiger partial charge is 0.252 e. The molecule has 0 atom stereocenters. The van der Waals surface area contributed by atoms with Crippen molar-refractivity contribution in [3.05, 3.63) is 54.1 Å². The quantitative estimate of drug-likeness (QED) is 0.612. The molecular weight excluding hydrogens is 450 g/mol. The Balaban J connectivity index is 1.51. The molecule has 0 bridgehead atoms. The number of hydrogen-bond donors (Lipinski definition) is 2. The second-order valence-electron chi connectivity index (χ2n) is 9.47. The largest absolute Gasteiger partial charge is 0.338 e. The van der Waals surface area contributed by atoms with Crippen LogP contribution in [-0.2, 0) is 14.6 Å². The summed E-state index contributed by atoms with van der Waals surface area (Å²) in [7, 11) is -3.26. The van der Waals surface area contributed by atoms with Crippen LogP contribution in [-0.4, -0.2) is 37.6 Å². The van der Waals surface area contributed by atoms with Crippen LogP contribution in [0, 0.1) is 11.3 Å². The summed E-state index contributed by atoms with van der Waals surface area (Å²) in [6, 6.07) is 15.8. The molecule has 2 N–H and O–H groups in total. The molecule has 0 saturated heterocycles. The van der Waals surface area contributed by atoms with Crippen LogP contribution in [0.4, 0.5) is 0 Å². The summed E-state index contributed by atoms with van der Waals surface area (Å²) in [4.78, 5) is 26.7. The zero-order valence-corrected chi connectivity index (χ0v) is 20.1. The number of nitrogens with zero attached hydrogens (tertiary/aromatic N) is 1. The molecule has 8 heteroatoms. The third-order valence-corrected chi connectivity index (χ3v) is 7.95. The Kier molecular flexibility index (Phi) is 6.50. The van der Waals surface area contributed by atoms with E-state index < -0.39 is 20.9 Å². The van der Waals surface area contributed by atoms with Crippen molar-refractivity contribution in [3.63, 3.8) is 0 Å². The highest BCUT2D eigenvalue weighted by Crippen LogP contribution is 2.36. The van der Waals surface area contributed by atoms with Crippen LogP contribution in [0.3, 0.4) is 0 Å². The van der Waals surface area contributed by atoms with Crippen molar-refractivity contribution in [2.24, 2.45) is 0 Å². The van der Waals surface area contributed by atoms with Crippen molar-refractivity contribution < 1.29 is 18.0 Å². The van der Waals surface area contributed by atoms with Gasteiger partial charge in [0.15, 0.2) is 9.84 Å². The number of carbonyl (C=O) groups is 2. The van der Waals surface area contributed by atoms with Gasteiger partial charge in [-0.05, 0) is 61.1 Å². The molecule has 2 fully saturated rings. The fourth-order valence-corrected chi connectivity index (χ4v) is 5.10. The third-order valence-electron chi connectivity index (χ3n) is 6.82. The first-order valence-corrected chi connectivity index (χ1v) is 13.5. The molecule has 0 radical (unpaired) electrons. The minimum atomic E-state index is -3.26. The second-order valence-corrected chi connectivity index (χ2v) is 11.5. The van der Waals surface area contributed by atoms with Crippen molar-refractivity contribution in [2.45, 2.75) is 67.3 Å². The Morgan fingerprint density at radius 2 is 1.35 bits per heavy atom. The number of amides is 2. The van der Waals surface area contributed by atoms with Crippen LogP contribution in [0.1, 0.15) is 61.7 Å². The third kappa shape index (κ3) is 5.15. The summed E-state index contributed by atoms with van der Waals surface area (Å²) in [5.41, 5.74) is 0.332. The molecule has 2 saturated carbocycles. The Labute approximate surface area is 200 Å².